The molecule has 2 aromatic carbocycles. The molecular weight excluding hydrogens is 390 g/mol. The van der Waals surface area contributed by atoms with Gasteiger partial charge >= 0.3 is 6.03 Å². The second-order valence-electron chi connectivity index (χ2n) is 8.78. The minimum Gasteiger partial charge on any atom is -0.352 e. The number of hydrogen-bond donors (Lipinski definition) is 2. The summed E-state index contributed by atoms with van der Waals surface area (Å²) in [4.78, 5) is 40.1. The fourth-order valence-corrected chi connectivity index (χ4v) is 4.63. The predicted molar refractivity (Wildman–Crippen MR) is 118 cm³/mol. The van der Waals surface area contributed by atoms with E-state index in [2.05, 4.69) is 17.6 Å². The summed E-state index contributed by atoms with van der Waals surface area (Å²) in [5.74, 6) is 0.00941. The molecule has 4 rings (SSSR count). The number of benzene rings is 2. The number of urea groups is 1. The Labute approximate surface area is 183 Å². The molecule has 2 N–H and O–H groups in total. The first-order chi connectivity index (χ1) is 15.0. The number of imide groups is 1. The van der Waals surface area contributed by atoms with Crippen LogP contribution in [0.5, 0.6) is 0 Å². The summed E-state index contributed by atoms with van der Waals surface area (Å²) in [6, 6.07) is 18.4. The average Bonchev–Trinajstić information content (AvgIpc) is 3.01. The lowest BCUT2D eigenvalue weighted by molar-refractivity contribution is -0.135. The van der Waals surface area contributed by atoms with Crippen molar-refractivity contribution in [3.05, 3.63) is 71.8 Å². The highest BCUT2D eigenvalue weighted by atomic mass is 16.2. The van der Waals surface area contributed by atoms with E-state index in [0.29, 0.717) is 17.9 Å². The Morgan fingerprint density at radius 1 is 1.00 bits per heavy atom. The molecule has 4 amide bonds. The first-order valence-corrected chi connectivity index (χ1v) is 11.0. The summed E-state index contributed by atoms with van der Waals surface area (Å²) < 4.78 is 0. The fraction of sp³-hybridized carbons (Fsp3) is 0.400. The van der Waals surface area contributed by atoms with Crippen LogP contribution in [0.4, 0.5) is 4.79 Å². The van der Waals surface area contributed by atoms with Crippen LogP contribution in [-0.4, -0.2) is 35.3 Å². The van der Waals surface area contributed by atoms with Gasteiger partial charge in [0.25, 0.3) is 5.91 Å². The van der Waals surface area contributed by atoms with Gasteiger partial charge in [0.2, 0.25) is 5.91 Å². The van der Waals surface area contributed by atoms with Crippen molar-refractivity contribution in [2.45, 2.75) is 50.6 Å². The van der Waals surface area contributed by atoms with E-state index in [1.807, 2.05) is 60.7 Å². The Bertz CT molecular complexity index is 939. The highest BCUT2D eigenvalue weighted by molar-refractivity contribution is 6.09. The van der Waals surface area contributed by atoms with Crippen LogP contribution in [0.3, 0.4) is 0 Å². The first kappa shape index (κ1) is 21.1. The molecule has 1 aliphatic carbocycles. The largest absolute Gasteiger partial charge is 0.352 e. The second-order valence-corrected chi connectivity index (χ2v) is 8.78. The predicted octanol–water partition coefficient (Wildman–Crippen LogP) is 3.37. The van der Waals surface area contributed by atoms with E-state index in [-0.39, 0.29) is 24.4 Å². The van der Waals surface area contributed by atoms with E-state index in [9.17, 15) is 14.4 Å². The molecule has 0 radical (unpaired) electrons. The Morgan fingerprint density at radius 3 is 2.26 bits per heavy atom. The standard InChI is InChI=1S/C25H29N3O3/c1-18-12-14-21(15-13-18)26-22(29)17-28-23(30)25(27-24(28)31,20-10-6-3-7-11-20)16-19-8-4-2-5-9-19/h2-11,18,21H,12-17H2,1H3,(H,26,29)(H,27,31). The fourth-order valence-electron chi connectivity index (χ4n) is 4.63. The van der Waals surface area contributed by atoms with Crippen molar-refractivity contribution in [3.8, 4) is 0 Å². The maximum atomic E-state index is 13.6. The van der Waals surface area contributed by atoms with Gasteiger partial charge in [-0.15, -0.1) is 0 Å². The lowest BCUT2D eigenvalue weighted by atomic mass is 9.83. The summed E-state index contributed by atoms with van der Waals surface area (Å²) in [7, 11) is 0. The molecular formula is C25H29N3O3. The molecule has 2 aliphatic rings. The van der Waals surface area contributed by atoms with Gasteiger partial charge in [0.1, 0.15) is 6.54 Å². The average molecular weight is 420 g/mol. The van der Waals surface area contributed by atoms with Gasteiger partial charge in [0.15, 0.2) is 5.54 Å². The maximum Gasteiger partial charge on any atom is 0.325 e. The van der Waals surface area contributed by atoms with Crippen molar-refractivity contribution in [2.75, 3.05) is 6.54 Å². The van der Waals surface area contributed by atoms with Gasteiger partial charge in [-0.25, -0.2) is 4.79 Å². The van der Waals surface area contributed by atoms with E-state index in [0.717, 1.165) is 36.1 Å². The zero-order valence-electron chi connectivity index (χ0n) is 17.8. The Hall–Kier alpha value is -3.15. The molecule has 162 valence electrons. The molecule has 1 unspecified atom stereocenters. The summed E-state index contributed by atoms with van der Waals surface area (Å²) in [6.07, 6.45) is 4.37. The molecule has 0 bridgehead atoms. The lowest BCUT2D eigenvalue weighted by Crippen LogP contribution is -2.48. The zero-order chi connectivity index (χ0) is 21.8. The molecule has 31 heavy (non-hydrogen) atoms. The third-order valence-corrected chi connectivity index (χ3v) is 6.44. The second kappa shape index (κ2) is 8.92. The third-order valence-electron chi connectivity index (χ3n) is 6.44. The van der Waals surface area contributed by atoms with Crippen LogP contribution in [0.25, 0.3) is 0 Å². The SMILES string of the molecule is CC1CCC(NC(=O)CN2C(=O)NC(Cc3ccccc3)(c3ccccc3)C2=O)CC1. The minimum atomic E-state index is -1.22. The van der Waals surface area contributed by atoms with E-state index in [1.54, 1.807) is 0 Å². The van der Waals surface area contributed by atoms with Crippen molar-refractivity contribution in [1.29, 1.82) is 0 Å². The highest BCUT2D eigenvalue weighted by Crippen LogP contribution is 2.33. The quantitative estimate of drug-likeness (QED) is 0.705. The van der Waals surface area contributed by atoms with E-state index in [4.69, 9.17) is 0 Å². The molecule has 1 saturated carbocycles. The molecule has 0 aromatic heterocycles. The van der Waals surface area contributed by atoms with Crippen LogP contribution in [0.15, 0.2) is 60.7 Å². The van der Waals surface area contributed by atoms with Gasteiger partial charge in [-0.2, -0.15) is 0 Å². The number of amides is 4. The molecule has 0 spiro atoms. The molecule has 1 atom stereocenters. The van der Waals surface area contributed by atoms with Gasteiger partial charge < -0.3 is 10.6 Å². The third kappa shape index (κ3) is 4.48. The molecule has 2 aromatic rings. The van der Waals surface area contributed by atoms with Gasteiger partial charge in [-0.1, -0.05) is 67.6 Å². The number of rotatable bonds is 6. The Balaban J connectivity index is 1.53. The van der Waals surface area contributed by atoms with E-state index in [1.165, 1.54) is 0 Å². The van der Waals surface area contributed by atoms with Gasteiger partial charge in [0, 0.05) is 12.5 Å². The summed E-state index contributed by atoms with van der Waals surface area (Å²) in [5, 5.41) is 5.92. The van der Waals surface area contributed by atoms with Gasteiger partial charge in [-0.3, -0.25) is 14.5 Å². The van der Waals surface area contributed by atoms with E-state index >= 15 is 0 Å². The van der Waals surface area contributed by atoms with Crippen molar-refractivity contribution in [2.24, 2.45) is 5.92 Å². The normalized spacial score (nSPS) is 25.9. The lowest BCUT2D eigenvalue weighted by Gasteiger charge is -2.28. The van der Waals surface area contributed by atoms with Crippen LogP contribution in [0.1, 0.15) is 43.7 Å². The number of nitrogens with zero attached hydrogens (tertiary/aromatic N) is 1. The smallest absolute Gasteiger partial charge is 0.325 e. The van der Waals surface area contributed by atoms with Crippen LogP contribution >= 0.6 is 0 Å². The molecule has 1 saturated heterocycles. The van der Waals surface area contributed by atoms with Crippen LogP contribution in [0, 0.1) is 5.92 Å². The summed E-state index contributed by atoms with van der Waals surface area (Å²) >= 11 is 0. The van der Waals surface area contributed by atoms with Crippen molar-refractivity contribution < 1.29 is 14.4 Å². The van der Waals surface area contributed by atoms with Gasteiger partial charge in [-0.05, 0) is 42.7 Å². The molecule has 1 heterocycles. The zero-order valence-corrected chi connectivity index (χ0v) is 17.8. The number of hydrogen-bond acceptors (Lipinski definition) is 3. The van der Waals surface area contributed by atoms with Crippen molar-refractivity contribution in [1.82, 2.24) is 15.5 Å². The van der Waals surface area contributed by atoms with Crippen molar-refractivity contribution >= 4 is 17.8 Å². The van der Waals surface area contributed by atoms with Crippen LogP contribution in [-0.2, 0) is 21.5 Å². The van der Waals surface area contributed by atoms with Crippen LogP contribution < -0.4 is 10.6 Å². The number of carbonyl (C=O) groups is 3. The monoisotopic (exact) mass is 419 g/mol. The van der Waals surface area contributed by atoms with Crippen molar-refractivity contribution in [3.63, 3.8) is 0 Å². The Morgan fingerprint density at radius 2 is 1.61 bits per heavy atom. The first-order valence-electron chi connectivity index (χ1n) is 11.0. The maximum absolute atomic E-state index is 13.6. The minimum absolute atomic E-state index is 0.118. The molecule has 1 aliphatic heterocycles. The highest BCUT2D eigenvalue weighted by Gasteiger charge is 2.52. The van der Waals surface area contributed by atoms with E-state index < -0.39 is 11.6 Å². The molecule has 6 nitrogen and oxygen atoms in total. The molecule has 6 heteroatoms. The number of nitrogens with one attached hydrogen (secondary N) is 2. The van der Waals surface area contributed by atoms with Crippen LogP contribution in [0.2, 0.25) is 0 Å². The van der Waals surface area contributed by atoms with Gasteiger partial charge in [0.05, 0.1) is 0 Å². The topological polar surface area (TPSA) is 78.5 Å². The molecule has 2 fully saturated rings. The summed E-state index contributed by atoms with van der Waals surface area (Å²) in [6.45, 7) is 1.96. The summed E-state index contributed by atoms with van der Waals surface area (Å²) in [5.41, 5.74) is 0.421. The Kier molecular flexibility index (Phi) is 6.07. The number of carbonyl (C=O) groups excluding carboxylic acids is 3.